The van der Waals surface area contributed by atoms with Gasteiger partial charge in [0, 0.05) is 7.05 Å². The van der Waals surface area contributed by atoms with Gasteiger partial charge in [0.2, 0.25) is 0 Å². The van der Waals surface area contributed by atoms with Crippen LogP contribution >= 0.6 is 27.3 Å². The number of aryl methyl sites for hydroxylation is 2. The molecule has 0 saturated carbocycles. The molecule has 0 aromatic carbocycles. The fourth-order valence-corrected chi connectivity index (χ4v) is 2.64. The van der Waals surface area contributed by atoms with E-state index in [9.17, 15) is 0 Å². The lowest BCUT2D eigenvalue weighted by atomic mass is 10.3. The van der Waals surface area contributed by atoms with Crippen LogP contribution < -0.4 is 0 Å². The molecular weight excluding hydrogens is 250 g/mol. The van der Waals surface area contributed by atoms with E-state index in [0.717, 1.165) is 14.5 Å². The summed E-state index contributed by atoms with van der Waals surface area (Å²) in [6.45, 7) is 2.07. The van der Waals surface area contributed by atoms with E-state index in [1.165, 1.54) is 5.56 Å². The van der Waals surface area contributed by atoms with Gasteiger partial charge in [-0.15, -0.1) is 21.5 Å². The summed E-state index contributed by atoms with van der Waals surface area (Å²) in [5.41, 5.74) is 1.24. The molecule has 2 aromatic rings. The first kappa shape index (κ1) is 8.90. The van der Waals surface area contributed by atoms with Crippen molar-refractivity contribution in [1.29, 1.82) is 0 Å². The van der Waals surface area contributed by atoms with Crippen molar-refractivity contribution in [2.75, 3.05) is 0 Å². The highest BCUT2D eigenvalue weighted by Gasteiger charge is 2.09. The molecule has 0 saturated heterocycles. The van der Waals surface area contributed by atoms with Gasteiger partial charge >= 0.3 is 0 Å². The predicted molar refractivity (Wildman–Crippen MR) is 56.8 cm³/mol. The molecule has 0 aliphatic heterocycles. The molecule has 0 bridgehead atoms. The van der Waals surface area contributed by atoms with Crippen molar-refractivity contribution in [1.82, 2.24) is 14.8 Å². The van der Waals surface area contributed by atoms with Crippen LogP contribution in [0.2, 0.25) is 0 Å². The summed E-state index contributed by atoms with van der Waals surface area (Å²) in [5, 5.41) is 7.88. The summed E-state index contributed by atoms with van der Waals surface area (Å²) in [7, 11) is 1.94. The molecule has 0 spiro atoms. The largest absolute Gasteiger partial charge is 0.316 e. The average Bonchev–Trinajstić information content (AvgIpc) is 2.60. The fourth-order valence-electron chi connectivity index (χ4n) is 1.08. The van der Waals surface area contributed by atoms with Gasteiger partial charge in [0.15, 0.2) is 5.82 Å². The lowest BCUT2D eigenvalue weighted by molar-refractivity contribution is 0.922. The second kappa shape index (κ2) is 3.23. The van der Waals surface area contributed by atoms with Crippen LogP contribution in [0.4, 0.5) is 0 Å². The zero-order valence-corrected chi connectivity index (χ0v) is 9.69. The summed E-state index contributed by atoms with van der Waals surface area (Å²) in [4.78, 5) is 1.14. The SMILES string of the molecule is Cc1cc(-c2nncn2C)sc1Br. The molecule has 0 fully saturated rings. The molecule has 2 rings (SSSR count). The molecule has 0 aliphatic carbocycles. The number of rotatable bonds is 1. The number of thiophene rings is 1. The molecule has 0 atom stereocenters. The third kappa shape index (κ3) is 1.53. The quantitative estimate of drug-likeness (QED) is 0.787. The van der Waals surface area contributed by atoms with Crippen LogP contribution in [-0.4, -0.2) is 14.8 Å². The highest BCUT2D eigenvalue weighted by atomic mass is 79.9. The van der Waals surface area contributed by atoms with Gasteiger partial charge in [0.1, 0.15) is 6.33 Å². The maximum Gasteiger partial charge on any atom is 0.173 e. The van der Waals surface area contributed by atoms with Gasteiger partial charge in [-0.2, -0.15) is 0 Å². The van der Waals surface area contributed by atoms with Gasteiger partial charge < -0.3 is 4.57 Å². The lowest BCUT2D eigenvalue weighted by Gasteiger charge is -1.93. The number of aromatic nitrogens is 3. The first-order chi connectivity index (χ1) is 6.18. The van der Waals surface area contributed by atoms with Crippen LogP contribution in [0.25, 0.3) is 10.7 Å². The van der Waals surface area contributed by atoms with Gasteiger partial charge in [0.05, 0.1) is 8.66 Å². The zero-order chi connectivity index (χ0) is 9.42. The molecule has 0 unspecified atom stereocenters. The Balaban J connectivity index is 2.53. The number of hydrogen-bond donors (Lipinski definition) is 0. The van der Waals surface area contributed by atoms with Crippen LogP contribution in [-0.2, 0) is 7.05 Å². The van der Waals surface area contributed by atoms with E-state index < -0.39 is 0 Å². The van der Waals surface area contributed by atoms with Gasteiger partial charge in [-0.25, -0.2) is 0 Å². The number of halogens is 1. The van der Waals surface area contributed by atoms with E-state index in [1.807, 2.05) is 11.6 Å². The molecule has 2 heterocycles. The third-order valence-corrected chi connectivity index (χ3v) is 3.92. The van der Waals surface area contributed by atoms with Gasteiger partial charge in [-0.3, -0.25) is 0 Å². The Kier molecular flexibility index (Phi) is 2.21. The molecule has 3 nitrogen and oxygen atoms in total. The van der Waals surface area contributed by atoms with E-state index in [4.69, 9.17) is 0 Å². The van der Waals surface area contributed by atoms with Crippen molar-refractivity contribution in [3.63, 3.8) is 0 Å². The summed E-state index contributed by atoms with van der Waals surface area (Å²) in [6.07, 6.45) is 1.71. The van der Waals surface area contributed by atoms with E-state index in [2.05, 4.69) is 39.1 Å². The zero-order valence-electron chi connectivity index (χ0n) is 7.28. The first-order valence-corrected chi connectivity index (χ1v) is 5.39. The second-order valence-corrected chi connectivity index (χ2v) is 5.20. The fraction of sp³-hybridized carbons (Fsp3) is 0.250. The Morgan fingerprint density at radius 3 is 2.77 bits per heavy atom. The Bertz CT molecular complexity index is 413. The van der Waals surface area contributed by atoms with Crippen molar-refractivity contribution in [3.05, 3.63) is 21.7 Å². The average molecular weight is 258 g/mol. The third-order valence-electron chi connectivity index (χ3n) is 1.79. The number of nitrogens with zero attached hydrogens (tertiary/aromatic N) is 3. The molecule has 0 N–H and O–H groups in total. The van der Waals surface area contributed by atoms with Crippen LogP contribution in [0, 0.1) is 6.92 Å². The summed E-state index contributed by atoms with van der Waals surface area (Å²) < 4.78 is 3.07. The Morgan fingerprint density at radius 1 is 1.54 bits per heavy atom. The van der Waals surface area contributed by atoms with E-state index in [0.29, 0.717) is 0 Å². The van der Waals surface area contributed by atoms with E-state index in [-0.39, 0.29) is 0 Å². The molecule has 5 heteroatoms. The first-order valence-electron chi connectivity index (χ1n) is 3.79. The van der Waals surface area contributed by atoms with Crippen molar-refractivity contribution in [3.8, 4) is 10.7 Å². The predicted octanol–water partition coefficient (Wildman–Crippen LogP) is 2.61. The van der Waals surface area contributed by atoms with Crippen molar-refractivity contribution >= 4 is 27.3 Å². The van der Waals surface area contributed by atoms with Crippen LogP contribution in [0.5, 0.6) is 0 Å². The van der Waals surface area contributed by atoms with Crippen molar-refractivity contribution < 1.29 is 0 Å². The van der Waals surface area contributed by atoms with Gasteiger partial charge in [0.25, 0.3) is 0 Å². The van der Waals surface area contributed by atoms with E-state index >= 15 is 0 Å². The Hall–Kier alpha value is -0.680. The van der Waals surface area contributed by atoms with Crippen molar-refractivity contribution in [2.24, 2.45) is 7.05 Å². The second-order valence-electron chi connectivity index (χ2n) is 2.83. The lowest BCUT2D eigenvalue weighted by Crippen LogP contribution is -1.87. The molecule has 13 heavy (non-hydrogen) atoms. The highest BCUT2D eigenvalue weighted by Crippen LogP contribution is 2.33. The molecule has 2 aromatic heterocycles. The Morgan fingerprint density at radius 2 is 2.31 bits per heavy atom. The molecule has 68 valence electrons. The summed E-state index contributed by atoms with van der Waals surface area (Å²) in [6, 6.07) is 2.11. The standard InChI is InChI=1S/C8H8BrN3S/c1-5-3-6(13-7(5)9)8-11-10-4-12(8)2/h3-4H,1-2H3. The minimum Gasteiger partial charge on any atom is -0.316 e. The van der Waals surface area contributed by atoms with Crippen molar-refractivity contribution in [2.45, 2.75) is 6.92 Å². The Labute approximate surface area is 88.6 Å². The van der Waals surface area contributed by atoms with E-state index in [1.54, 1.807) is 17.7 Å². The maximum atomic E-state index is 4.04. The topological polar surface area (TPSA) is 30.7 Å². The maximum absolute atomic E-state index is 4.04. The monoisotopic (exact) mass is 257 g/mol. The summed E-state index contributed by atoms with van der Waals surface area (Å²) in [5.74, 6) is 0.916. The van der Waals surface area contributed by atoms with Crippen LogP contribution in [0.3, 0.4) is 0 Å². The summed E-state index contributed by atoms with van der Waals surface area (Å²) >= 11 is 5.17. The minimum atomic E-state index is 0.916. The van der Waals surface area contributed by atoms with Gasteiger partial charge in [-0.05, 0) is 34.5 Å². The van der Waals surface area contributed by atoms with Crippen LogP contribution in [0.1, 0.15) is 5.56 Å². The molecule has 0 aliphatic rings. The highest BCUT2D eigenvalue weighted by molar-refractivity contribution is 9.11. The molecular formula is C8H8BrN3S. The molecule has 0 radical (unpaired) electrons. The normalized spacial score (nSPS) is 10.7. The smallest absolute Gasteiger partial charge is 0.173 e. The van der Waals surface area contributed by atoms with Crippen LogP contribution in [0.15, 0.2) is 16.2 Å². The minimum absolute atomic E-state index is 0.916. The number of hydrogen-bond acceptors (Lipinski definition) is 3. The van der Waals surface area contributed by atoms with Gasteiger partial charge in [-0.1, -0.05) is 0 Å². The molecule has 0 amide bonds.